The van der Waals surface area contributed by atoms with Crippen LogP contribution in [0.1, 0.15) is 31.2 Å². The van der Waals surface area contributed by atoms with Gasteiger partial charge in [0.15, 0.2) is 16.6 Å². The predicted octanol–water partition coefficient (Wildman–Crippen LogP) is 5.49. The Morgan fingerprint density at radius 2 is 1.84 bits per heavy atom. The Bertz CT molecular complexity index is 1010. The lowest BCUT2D eigenvalue weighted by molar-refractivity contribution is 0.161. The van der Waals surface area contributed by atoms with Gasteiger partial charge < -0.3 is 25.0 Å². The van der Waals surface area contributed by atoms with Crippen LogP contribution in [-0.4, -0.2) is 49.9 Å². The zero-order chi connectivity index (χ0) is 22.9. The summed E-state index contributed by atoms with van der Waals surface area (Å²) in [5.74, 6) is 1.56. The maximum absolute atomic E-state index is 6.12. The summed E-state index contributed by atoms with van der Waals surface area (Å²) in [4.78, 5) is 2.49. The van der Waals surface area contributed by atoms with Crippen molar-refractivity contribution in [3.05, 3.63) is 52.0 Å². The first-order valence-corrected chi connectivity index (χ1v) is 12.0. The molecular weight excluding hydrogens is 465 g/mol. The molecule has 1 aliphatic carbocycles. The minimum absolute atomic E-state index is 0.116. The van der Waals surface area contributed by atoms with Gasteiger partial charge in [-0.3, -0.25) is 0 Å². The molecule has 0 radical (unpaired) electrons. The topological polar surface area (TPSA) is 45.8 Å². The molecule has 0 spiro atoms. The lowest BCUT2D eigenvalue weighted by Crippen LogP contribution is -2.52. The second kappa shape index (κ2) is 9.64. The zero-order valence-electron chi connectivity index (χ0n) is 18.6. The Balaban J connectivity index is 1.47. The average molecular weight is 494 g/mol. The normalized spacial score (nSPS) is 25.2. The van der Waals surface area contributed by atoms with Gasteiger partial charge >= 0.3 is 0 Å². The lowest BCUT2D eigenvalue weighted by atomic mass is 9.65. The van der Waals surface area contributed by atoms with E-state index in [1.54, 1.807) is 26.4 Å². The van der Waals surface area contributed by atoms with Crippen molar-refractivity contribution >= 4 is 46.2 Å². The molecule has 2 aromatic rings. The Labute approximate surface area is 205 Å². The molecule has 1 saturated heterocycles. The van der Waals surface area contributed by atoms with Gasteiger partial charge in [-0.1, -0.05) is 29.3 Å². The number of halogens is 2. The highest BCUT2D eigenvalue weighted by Crippen LogP contribution is 2.49. The van der Waals surface area contributed by atoms with Gasteiger partial charge in [0.1, 0.15) is 0 Å². The fourth-order valence-electron chi connectivity index (χ4n) is 5.32. The van der Waals surface area contributed by atoms with Gasteiger partial charge in [0.05, 0.1) is 24.3 Å². The third-order valence-corrected chi connectivity index (χ3v) is 7.96. The van der Waals surface area contributed by atoms with Crippen LogP contribution in [-0.2, 0) is 5.41 Å². The molecule has 2 fully saturated rings. The van der Waals surface area contributed by atoms with Crippen molar-refractivity contribution in [2.75, 3.05) is 33.1 Å². The maximum atomic E-state index is 6.12. The molecule has 1 aliphatic heterocycles. The van der Waals surface area contributed by atoms with Gasteiger partial charge in [-0.15, -0.1) is 0 Å². The molecule has 2 aromatic carbocycles. The lowest BCUT2D eigenvalue weighted by Gasteiger charge is -2.45. The monoisotopic (exact) mass is 493 g/mol. The van der Waals surface area contributed by atoms with Gasteiger partial charge in [-0.05, 0) is 87.4 Å². The number of nitrogens with one attached hydrogen (secondary N) is 2. The van der Waals surface area contributed by atoms with Crippen molar-refractivity contribution in [2.24, 2.45) is 0 Å². The molecule has 5 nitrogen and oxygen atoms in total. The van der Waals surface area contributed by atoms with E-state index < -0.39 is 0 Å². The summed E-state index contributed by atoms with van der Waals surface area (Å²) in [6.45, 7) is 1.08. The van der Waals surface area contributed by atoms with E-state index in [0.717, 1.165) is 49.4 Å². The molecule has 172 valence electrons. The van der Waals surface area contributed by atoms with Crippen LogP contribution < -0.4 is 20.1 Å². The Morgan fingerprint density at radius 3 is 2.56 bits per heavy atom. The number of anilines is 1. The third-order valence-electron chi connectivity index (χ3n) is 7.00. The molecule has 0 bridgehead atoms. The molecule has 2 N–H and O–H groups in total. The summed E-state index contributed by atoms with van der Waals surface area (Å²) in [7, 11) is 5.59. The van der Waals surface area contributed by atoms with Crippen LogP contribution in [0.4, 0.5) is 5.69 Å². The standard InChI is InChI=1S/C24H29Cl2N3O2S/c1-29-11-10-24(15-4-7-20(30-2)21(12-15)31-3)9-8-17(14-22(24)29)28-23(32)27-16-5-6-18(25)19(26)13-16/h4-7,12-13,17,22H,8-11,14H2,1-3H3,(H2,27,28,32)/t17-,22+,24-/m0/s1. The maximum Gasteiger partial charge on any atom is 0.170 e. The van der Waals surface area contributed by atoms with Crippen molar-refractivity contribution < 1.29 is 9.47 Å². The van der Waals surface area contributed by atoms with Crippen LogP contribution in [0, 0.1) is 0 Å². The van der Waals surface area contributed by atoms with E-state index >= 15 is 0 Å². The first kappa shape index (κ1) is 23.4. The molecule has 2 aliphatic rings. The van der Waals surface area contributed by atoms with Gasteiger partial charge in [0.2, 0.25) is 0 Å². The molecule has 3 atom stereocenters. The highest BCUT2D eigenvalue weighted by Gasteiger charge is 2.50. The molecule has 0 aromatic heterocycles. The second-order valence-corrected chi connectivity index (χ2v) is 9.89. The predicted molar refractivity (Wildman–Crippen MR) is 136 cm³/mol. The highest BCUT2D eigenvalue weighted by atomic mass is 35.5. The summed E-state index contributed by atoms with van der Waals surface area (Å²) in [5, 5.41) is 8.38. The molecular formula is C24H29Cl2N3O2S. The van der Waals surface area contributed by atoms with Crippen molar-refractivity contribution in [2.45, 2.75) is 43.2 Å². The van der Waals surface area contributed by atoms with Crippen LogP contribution in [0.5, 0.6) is 11.5 Å². The molecule has 0 amide bonds. The van der Waals surface area contributed by atoms with Crippen LogP contribution in [0.2, 0.25) is 10.0 Å². The number of methoxy groups -OCH3 is 2. The number of likely N-dealkylation sites (N-methyl/N-ethyl adjacent to an activating group) is 1. The van der Waals surface area contributed by atoms with E-state index in [2.05, 4.69) is 34.7 Å². The number of ether oxygens (including phenoxy) is 2. The quantitative estimate of drug-likeness (QED) is 0.536. The van der Waals surface area contributed by atoms with Gasteiger partial charge in [0, 0.05) is 23.2 Å². The van der Waals surface area contributed by atoms with E-state index in [1.165, 1.54) is 5.56 Å². The number of hydrogen-bond donors (Lipinski definition) is 2. The molecule has 4 rings (SSSR count). The Morgan fingerprint density at radius 1 is 1.06 bits per heavy atom. The second-order valence-electron chi connectivity index (χ2n) is 8.67. The average Bonchev–Trinajstić information content (AvgIpc) is 3.13. The number of rotatable bonds is 5. The number of thiocarbonyl (C=S) groups is 1. The van der Waals surface area contributed by atoms with Crippen LogP contribution in [0.15, 0.2) is 36.4 Å². The van der Waals surface area contributed by atoms with Crippen molar-refractivity contribution in [1.82, 2.24) is 10.2 Å². The van der Waals surface area contributed by atoms with Gasteiger partial charge in [0.25, 0.3) is 0 Å². The van der Waals surface area contributed by atoms with E-state index in [4.69, 9.17) is 44.9 Å². The molecule has 1 saturated carbocycles. The van der Waals surface area contributed by atoms with Crippen molar-refractivity contribution in [1.29, 1.82) is 0 Å². The number of likely N-dealkylation sites (tertiary alicyclic amines) is 1. The van der Waals surface area contributed by atoms with E-state index in [-0.39, 0.29) is 5.41 Å². The van der Waals surface area contributed by atoms with E-state index in [1.807, 2.05) is 12.1 Å². The molecule has 0 unspecified atom stereocenters. The largest absolute Gasteiger partial charge is 0.493 e. The number of fused-ring (bicyclic) bond motifs is 1. The highest BCUT2D eigenvalue weighted by molar-refractivity contribution is 7.80. The van der Waals surface area contributed by atoms with Crippen molar-refractivity contribution in [3.63, 3.8) is 0 Å². The first-order valence-electron chi connectivity index (χ1n) is 10.8. The Hall–Kier alpha value is -1.73. The van der Waals surface area contributed by atoms with Crippen molar-refractivity contribution in [3.8, 4) is 11.5 Å². The minimum atomic E-state index is 0.116. The number of benzene rings is 2. The summed E-state index contributed by atoms with van der Waals surface area (Å²) in [5.41, 5.74) is 2.27. The molecule has 8 heteroatoms. The fraction of sp³-hybridized carbons (Fsp3) is 0.458. The van der Waals surface area contributed by atoms with Gasteiger partial charge in [-0.2, -0.15) is 0 Å². The first-order chi connectivity index (χ1) is 15.4. The number of hydrogen-bond acceptors (Lipinski definition) is 4. The van der Waals surface area contributed by atoms with E-state index in [0.29, 0.717) is 27.2 Å². The summed E-state index contributed by atoms with van der Waals surface area (Å²) in [6.07, 6.45) is 4.29. The van der Waals surface area contributed by atoms with E-state index in [9.17, 15) is 0 Å². The zero-order valence-corrected chi connectivity index (χ0v) is 20.9. The minimum Gasteiger partial charge on any atom is -0.493 e. The number of nitrogens with zero attached hydrogens (tertiary/aromatic N) is 1. The SMILES string of the molecule is COc1ccc([C@@]23CC[C@H](NC(=S)Nc4ccc(Cl)c(Cl)c4)C[C@H]2N(C)CC3)cc1OC. The third kappa shape index (κ3) is 4.51. The molecule has 1 heterocycles. The summed E-state index contributed by atoms with van der Waals surface area (Å²) in [6, 6.07) is 12.5. The Kier molecular flexibility index (Phi) is 7.06. The molecule has 32 heavy (non-hydrogen) atoms. The van der Waals surface area contributed by atoms with Crippen LogP contribution in [0.25, 0.3) is 0 Å². The van der Waals surface area contributed by atoms with Crippen LogP contribution in [0.3, 0.4) is 0 Å². The van der Waals surface area contributed by atoms with Gasteiger partial charge in [-0.25, -0.2) is 0 Å². The summed E-state index contributed by atoms with van der Waals surface area (Å²) < 4.78 is 11.0. The smallest absolute Gasteiger partial charge is 0.170 e. The fourth-order valence-corrected chi connectivity index (χ4v) is 5.90. The van der Waals surface area contributed by atoms with Crippen LogP contribution >= 0.6 is 35.4 Å². The summed E-state index contributed by atoms with van der Waals surface area (Å²) >= 11 is 17.7.